The Kier molecular flexibility index (Phi) is 6.11. The van der Waals surface area contributed by atoms with Gasteiger partial charge < -0.3 is 30.1 Å². The maximum Gasteiger partial charge on any atom is 0.274 e. The van der Waals surface area contributed by atoms with Crippen molar-refractivity contribution in [1.82, 2.24) is 19.9 Å². The van der Waals surface area contributed by atoms with Gasteiger partial charge in [-0.2, -0.15) is 0 Å². The molecule has 180 valence electrons. The predicted octanol–water partition coefficient (Wildman–Crippen LogP) is 2.81. The second-order valence-electron chi connectivity index (χ2n) is 8.08. The second-order valence-corrected chi connectivity index (χ2v) is 8.08. The molecule has 4 aromatic rings. The number of ether oxygens (including phenoxy) is 2. The van der Waals surface area contributed by atoms with Gasteiger partial charge in [0.2, 0.25) is 5.88 Å². The summed E-state index contributed by atoms with van der Waals surface area (Å²) in [5.74, 6) is 1.08. The molecule has 1 amide bonds. The number of anilines is 2. The Labute approximate surface area is 202 Å². The molecule has 0 bridgehead atoms. The third kappa shape index (κ3) is 4.31. The average molecular weight is 475 g/mol. The monoisotopic (exact) mass is 474 g/mol. The van der Waals surface area contributed by atoms with Crippen molar-refractivity contribution in [1.29, 1.82) is 0 Å². The number of hydrogen-bond acceptors (Lipinski definition) is 8. The van der Waals surface area contributed by atoms with E-state index in [0.29, 0.717) is 28.4 Å². The number of nitrogens with zero attached hydrogens (tertiary/aromatic N) is 4. The molecular formula is C25H26N6O4. The SMILES string of the molecule is COc1cc2cn(-c3cccc(C(=O)Nc4cnccc4N4CCNCC4)n3)c(O)c2cc1OC. The van der Waals surface area contributed by atoms with Gasteiger partial charge in [-0.05, 0) is 30.3 Å². The maximum absolute atomic E-state index is 13.1. The number of rotatable bonds is 6. The van der Waals surface area contributed by atoms with Crippen molar-refractivity contribution in [3.05, 3.63) is 60.7 Å². The van der Waals surface area contributed by atoms with Crippen LogP contribution in [-0.4, -0.2) is 65.9 Å². The van der Waals surface area contributed by atoms with Gasteiger partial charge in [-0.25, -0.2) is 4.98 Å². The number of nitrogens with one attached hydrogen (secondary N) is 2. The van der Waals surface area contributed by atoms with E-state index in [1.807, 2.05) is 6.07 Å². The summed E-state index contributed by atoms with van der Waals surface area (Å²) in [5, 5.41) is 18.5. The van der Waals surface area contributed by atoms with Gasteiger partial charge in [0.1, 0.15) is 11.5 Å². The van der Waals surface area contributed by atoms with Gasteiger partial charge in [-0.3, -0.25) is 14.3 Å². The lowest BCUT2D eigenvalue weighted by Crippen LogP contribution is -2.43. The van der Waals surface area contributed by atoms with Crippen molar-refractivity contribution in [3.8, 4) is 23.2 Å². The Morgan fingerprint density at radius 2 is 1.89 bits per heavy atom. The summed E-state index contributed by atoms with van der Waals surface area (Å²) in [6.07, 6.45) is 5.10. The molecule has 1 aliphatic rings. The highest BCUT2D eigenvalue weighted by molar-refractivity contribution is 6.04. The smallest absolute Gasteiger partial charge is 0.274 e. The minimum Gasteiger partial charge on any atom is -0.494 e. The van der Waals surface area contributed by atoms with Crippen LogP contribution >= 0.6 is 0 Å². The van der Waals surface area contributed by atoms with Crippen LogP contribution in [0.1, 0.15) is 10.5 Å². The number of methoxy groups -OCH3 is 2. The normalized spacial score (nSPS) is 13.6. The summed E-state index contributed by atoms with van der Waals surface area (Å²) >= 11 is 0. The second kappa shape index (κ2) is 9.51. The highest BCUT2D eigenvalue weighted by Gasteiger charge is 2.19. The number of pyridine rings is 2. The molecule has 1 aliphatic heterocycles. The molecule has 10 heteroatoms. The fourth-order valence-electron chi connectivity index (χ4n) is 4.23. The molecule has 0 atom stereocenters. The number of benzene rings is 1. The third-order valence-corrected chi connectivity index (χ3v) is 6.01. The molecule has 10 nitrogen and oxygen atoms in total. The van der Waals surface area contributed by atoms with Crippen molar-refractivity contribution >= 4 is 28.1 Å². The molecule has 1 aromatic carbocycles. The van der Waals surface area contributed by atoms with Crippen molar-refractivity contribution in [3.63, 3.8) is 0 Å². The van der Waals surface area contributed by atoms with E-state index in [2.05, 4.69) is 25.5 Å². The molecule has 5 rings (SSSR count). The Bertz CT molecular complexity index is 1380. The van der Waals surface area contributed by atoms with E-state index >= 15 is 0 Å². The highest BCUT2D eigenvalue weighted by Crippen LogP contribution is 2.38. The molecule has 1 fully saturated rings. The number of amides is 1. The van der Waals surface area contributed by atoms with Gasteiger partial charge >= 0.3 is 0 Å². The van der Waals surface area contributed by atoms with Gasteiger partial charge in [0, 0.05) is 49.3 Å². The summed E-state index contributed by atoms with van der Waals surface area (Å²) in [4.78, 5) is 24.0. The van der Waals surface area contributed by atoms with E-state index in [4.69, 9.17) is 9.47 Å². The summed E-state index contributed by atoms with van der Waals surface area (Å²) in [6, 6.07) is 10.5. The maximum atomic E-state index is 13.1. The molecule has 0 saturated carbocycles. The standard InChI is InChI=1S/C25H26N6O4/c1-34-21-12-16-15-31(25(33)17(16)13-22(21)35-2)23-5-3-4-18(28-23)24(32)29-19-14-27-7-6-20(19)30-10-8-26-9-11-30/h3-7,12-15,26,33H,8-11H2,1-2H3,(H,29,32). The molecule has 3 aromatic heterocycles. The quantitative estimate of drug-likeness (QED) is 0.391. The van der Waals surface area contributed by atoms with Crippen LogP contribution in [0.25, 0.3) is 16.6 Å². The number of carbonyl (C=O) groups excluding carboxylic acids is 1. The van der Waals surface area contributed by atoms with E-state index in [0.717, 1.165) is 37.3 Å². The number of piperazine rings is 1. The highest BCUT2D eigenvalue weighted by atomic mass is 16.5. The van der Waals surface area contributed by atoms with Crippen molar-refractivity contribution in [2.75, 3.05) is 50.6 Å². The summed E-state index contributed by atoms with van der Waals surface area (Å²) < 4.78 is 12.2. The minimum atomic E-state index is -0.365. The van der Waals surface area contributed by atoms with Gasteiger partial charge in [-0.15, -0.1) is 0 Å². The number of fused-ring (bicyclic) bond motifs is 1. The van der Waals surface area contributed by atoms with E-state index in [1.54, 1.807) is 56.0 Å². The predicted molar refractivity (Wildman–Crippen MR) is 133 cm³/mol. The van der Waals surface area contributed by atoms with Crippen LogP contribution in [0.5, 0.6) is 17.4 Å². The van der Waals surface area contributed by atoms with Gasteiger partial charge in [0.25, 0.3) is 5.91 Å². The molecule has 0 aliphatic carbocycles. The minimum absolute atomic E-state index is 0.0146. The van der Waals surface area contributed by atoms with Crippen molar-refractivity contribution in [2.45, 2.75) is 0 Å². The van der Waals surface area contributed by atoms with Crippen LogP contribution in [0.3, 0.4) is 0 Å². The summed E-state index contributed by atoms with van der Waals surface area (Å²) in [7, 11) is 3.09. The van der Waals surface area contributed by atoms with Crippen molar-refractivity contribution < 1.29 is 19.4 Å². The van der Waals surface area contributed by atoms with Crippen LogP contribution < -0.4 is 25.0 Å². The van der Waals surface area contributed by atoms with Gasteiger partial charge in [0.15, 0.2) is 11.5 Å². The van der Waals surface area contributed by atoms with Crippen LogP contribution in [0.15, 0.2) is 55.0 Å². The van der Waals surface area contributed by atoms with Crippen LogP contribution in [0, 0.1) is 0 Å². The summed E-state index contributed by atoms with van der Waals surface area (Å²) in [5.41, 5.74) is 1.76. The Morgan fingerprint density at radius 1 is 1.11 bits per heavy atom. The Balaban J connectivity index is 1.45. The molecule has 0 spiro atoms. The first-order valence-electron chi connectivity index (χ1n) is 11.2. The Hall–Kier alpha value is -4.31. The number of aromatic nitrogens is 3. The van der Waals surface area contributed by atoms with E-state index < -0.39 is 0 Å². The van der Waals surface area contributed by atoms with Gasteiger partial charge in [-0.1, -0.05) is 6.07 Å². The number of carbonyl (C=O) groups is 1. The molecule has 1 saturated heterocycles. The molecule has 3 N–H and O–H groups in total. The number of hydrogen-bond donors (Lipinski definition) is 3. The van der Waals surface area contributed by atoms with Crippen LogP contribution in [-0.2, 0) is 0 Å². The average Bonchev–Trinajstić information content (AvgIpc) is 3.23. The largest absolute Gasteiger partial charge is 0.494 e. The number of aromatic hydroxyl groups is 1. The third-order valence-electron chi connectivity index (χ3n) is 6.01. The lowest BCUT2D eigenvalue weighted by Gasteiger charge is -2.30. The first-order valence-corrected chi connectivity index (χ1v) is 11.2. The Morgan fingerprint density at radius 3 is 2.66 bits per heavy atom. The molecular weight excluding hydrogens is 448 g/mol. The zero-order chi connectivity index (χ0) is 24.4. The van der Waals surface area contributed by atoms with Crippen LogP contribution in [0.2, 0.25) is 0 Å². The van der Waals surface area contributed by atoms with Crippen molar-refractivity contribution in [2.24, 2.45) is 0 Å². The molecule has 4 heterocycles. The molecule has 0 unspecified atom stereocenters. The summed E-state index contributed by atoms with van der Waals surface area (Å²) in [6.45, 7) is 3.45. The zero-order valence-corrected chi connectivity index (χ0v) is 19.5. The van der Waals surface area contributed by atoms with E-state index in [9.17, 15) is 9.90 Å². The topological polar surface area (TPSA) is 114 Å². The first-order chi connectivity index (χ1) is 17.1. The molecule has 0 radical (unpaired) electrons. The fourth-order valence-corrected chi connectivity index (χ4v) is 4.23. The van der Waals surface area contributed by atoms with Crippen LogP contribution in [0.4, 0.5) is 11.4 Å². The lowest BCUT2D eigenvalue weighted by atomic mass is 10.2. The van der Waals surface area contributed by atoms with E-state index in [-0.39, 0.29) is 17.5 Å². The zero-order valence-electron chi connectivity index (χ0n) is 19.5. The lowest BCUT2D eigenvalue weighted by molar-refractivity contribution is 0.102. The fraction of sp³-hybridized carbons (Fsp3) is 0.240. The van der Waals surface area contributed by atoms with E-state index in [1.165, 1.54) is 11.7 Å². The molecule has 35 heavy (non-hydrogen) atoms. The van der Waals surface area contributed by atoms with Gasteiger partial charge in [0.05, 0.1) is 31.8 Å². The first kappa shape index (κ1) is 22.5.